The quantitative estimate of drug-likeness (QED) is 0.835. The lowest BCUT2D eigenvalue weighted by atomic mass is 9.93. The van der Waals surface area contributed by atoms with Crippen molar-refractivity contribution in [2.24, 2.45) is 5.41 Å². The third-order valence-electron chi connectivity index (χ3n) is 3.97. The molecule has 2 amide bonds. The number of carbonyl (C=O) groups excluding carboxylic acids is 1. The van der Waals surface area contributed by atoms with Gasteiger partial charge in [-0.05, 0) is 30.4 Å². The van der Waals surface area contributed by atoms with Crippen LogP contribution < -0.4 is 5.32 Å². The van der Waals surface area contributed by atoms with E-state index >= 15 is 0 Å². The van der Waals surface area contributed by atoms with E-state index in [2.05, 4.69) is 5.32 Å². The molecule has 6 heteroatoms. The molecule has 3 nitrogen and oxygen atoms in total. The number of anilines is 1. The van der Waals surface area contributed by atoms with E-state index < -0.39 is 11.3 Å². The predicted molar refractivity (Wildman–Crippen MR) is 66.1 cm³/mol. The second kappa shape index (κ2) is 3.91. The van der Waals surface area contributed by atoms with Gasteiger partial charge in [0.05, 0.1) is 5.00 Å². The van der Waals surface area contributed by atoms with Crippen molar-refractivity contribution in [1.29, 1.82) is 0 Å². The molecule has 1 aliphatic carbocycles. The topological polar surface area (TPSA) is 32.3 Å². The molecule has 0 unspecified atom stereocenters. The van der Waals surface area contributed by atoms with Crippen molar-refractivity contribution in [2.45, 2.75) is 25.2 Å². The normalized spacial score (nSPS) is 24.0. The number of thiophene rings is 1. The first kappa shape index (κ1) is 11.9. The number of carbonyl (C=O) groups is 1. The fourth-order valence-corrected chi connectivity index (χ4v) is 3.20. The zero-order valence-electron chi connectivity index (χ0n) is 9.79. The van der Waals surface area contributed by atoms with Crippen molar-refractivity contribution in [2.75, 3.05) is 18.4 Å². The average Bonchev–Trinajstić information content (AvgIpc) is 2.69. The number of rotatable bonds is 1. The number of alkyl halides is 2. The van der Waals surface area contributed by atoms with E-state index in [-0.39, 0.29) is 12.5 Å². The van der Waals surface area contributed by atoms with E-state index in [1.807, 2.05) is 17.5 Å². The number of hydrogen-bond donors (Lipinski definition) is 1. The number of urea groups is 1. The maximum atomic E-state index is 13.2. The molecule has 1 aromatic rings. The molecule has 0 aromatic carbocycles. The Morgan fingerprint density at radius 3 is 2.56 bits per heavy atom. The highest BCUT2D eigenvalue weighted by Crippen LogP contribution is 2.65. The first-order valence-electron chi connectivity index (χ1n) is 6.00. The Morgan fingerprint density at radius 1 is 1.39 bits per heavy atom. The fourth-order valence-electron chi connectivity index (χ4n) is 2.60. The summed E-state index contributed by atoms with van der Waals surface area (Å²) >= 11 is 1.45. The lowest BCUT2D eigenvalue weighted by molar-refractivity contribution is 0.0380. The van der Waals surface area contributed by atoms with E-state index in [1.165, 1.54) is 11.3 Å². The number of likely N-dealkylation sites (tertiary alicyclic amines) is 1. The Bertz CT molecular complexity index is 453. The second-order valence-electron chi connectivity index (χ2n) is 5.06. The van der Waals surface area contributed by atoms with Crippen molar-refractivity contribution in [3.05, 3.63) is 17.5 Å². The van der Waals surface area contributed by atoms with Crippen LogP contribution in [0.25, 0.3) is 0 Å². The molecule has 0 atom stereocenters. The molecule has 1 aromatic heterocycles. The lowest BCUT2D eigenvalue weighted by Crippen LogP contribution is -2.42. The molecule has 1 saturated heterocycles. The zero-order valence-corrected chi connectivity index (χ0v) is 10.6. The standard InChI is InChI=1S/C12H14F2N2OS/c13-12(14)8-11(12)3-5-16(6-4-11)10(17)15-9-2-1-7-18-9/h1-2,7H,3-6,8H2,(H,15,17). The van der Waals surface area contributed by atoms with Crippen LogP contribution in [0.1, 0.15) is 19.3 Å². The van der Waals surface area contributed by atoms with Crippen LogP contribution in [0, 0.1) is 5.41 Å². The van der Waals surface area contributed by atoms with Gasteiger partial charge in [-0.3, -0.25) is 5.32 Å². The maximum Gasteiger partial charge on any atom is 0.322 e. The van der Waals surface area contributed by atoms with Gasteiger partial charge in [-0.2, -0.15) is 0 Å². The van der Waals surface area contributed by atoms with Crippen molar-refractivity contribution < 1.29 is 13.6 Å². The number of nitrogens with zero attached hydrogens (tertiary/aromatic N) is 1. The highest BCUT2D eigenvalue weighted by atomic mass is 32.1. The minimum atomic E-state index is -2.50. The Kier molecular flexibility index (Phi) is 2.59. The molecule has 1 spiro atoms. The Morgan fingerprint density at radius 2 is 2.06 bits per heavy atom. The average molecular weight is 272 g/mol. The number of hydrogen-bond acceptors (Lipinski definition) is 2. The molecular weight excluding hydrogens is 258 g/mol. The minimum Gasteiger partial charge on any atom is -0.324 e. The van der Waals surface area contributed by atoms with E-state index in [4.69, 9.17) is 0 Å². The summed E-state index contributed by atoms with van der Waals surface area (Å²) in [5.41, 5.74) is -0.799. The summed E-state index contributed by atoms with van der Waals surface area (Å²) in [6.07, 6.45) is 0.829. The highest BCUT2D eigenvalue weighted by Gasteiger charge is 2.70. The Balaban J connectivity index is 1.55. The van der Waals surface area contributed by atoms with Gasteiger partial charge in [0.1, 0.15) is 0 Å². The summed E-state index contributed by atoms with van der Waals surface area (Å²) in [6, 6.07) is 3.50. The highest BCUT2D eigenvalue weighted by molar-refractivity contribution is 7.14. The molecule has 3 rings (SSSR count). The summed E-state index contributed by atoms with van der Waals surface area (Å²) in [5, 5.41) is 5.45. The smallest absolute Gasteiger partial charge is 0.322 e. The number of amides is 2. The Labute approximate surface area is 108 Å². The van der Waals surface area contributed by atoms with Crippen LogP contribution in [0.15, 0.2) is 17.5 Å². The Hall–Kier alpha value is -1.17. The maximum absolute atomic E-state index is 13.2. The van der Waals surface area contributed by atoms with Gasteiger partial charge in [0.2, 0.25) is 0 Å². The molecule has 1 saturated carbocycles. The van der Waals surface area contributed by atoms with Crippen LogP contribution in [-0.4, -0.2) is 29.9 Å². The summed E-state index contributed by atoms with van der Waals surface area (Å²) in [7, 11) is 0. The summed E-state index contributed by atoms with van der Waals surface area (Å²) in [5.74, 6) is -2.50. The molecule has 0 radical (unpaired) electrons. The summed E-state index contributed by atoms with van der Waals surface area (Å²) in [6.45, 7) is 0.847. The zero-order chi connectivity index (χ0) is 12.8. The van der Waals surface area contributed by atoms with Crippen LogP contribution in [0.5, 0.6) is 0 Å². The van der Waals surface area contributed by atoms with Crippen LogP contribution >= 0.6 is 11.3 Å². The SMILES string of the molecule is O=C(Nc1cccs1)N1CCC2(CC1)CC2(F)F. The van der Waals surface area contributed by atoms with E-state index in [9.17, 15) is 13.6 Å². The lowest BCUT2D eigenvalue weighted by Gasteiger charge is -2.32. The molecule has 1 N–H and O–H groups in total. The minimum absolute atomic E-state index is 0.000381. The summed E-state index contributed by atoms with van der Waals surface area (Å²) in [4.78, 5) is 13.5. The molecule has 0 bridgehead atoms. The third-order valence-corrected chi connectivity index (χ3v) is 4.76. The van der Waals surface area contributed by atoms with Crippen LogP contribution in [0.4, 0.5) is 18.6 Å². The van der Waals surface area contributed by atoms with Gasteiger partial charge < -0.3 is 4.90 Å². The second-order valence-corrected chi connectivity index (χ2v) is 6.00. The fraction of sp³-hybridized carbons (Fsp3) is 0.583. The van der Waals surface area contributed by atoms with E-state index in [0.717, 1.165) is 5.00 Å². The molecule has 2 heterocycles. The van der Waals surface area contributed by atoms with Gasteiger partial charge in [0, 0.05) is 24.9 Å². The molecular formula is C12H14F2N2OS. The van der Waals surface area contributed by atoms with Crippen LogP contribution in [-0.2, 0) is 0 Å². The molecule has 98 valence electrons. The van der Waals surface area contributed by atoms with Gasteiger partial charge in [-0.25, -0.2) is 13.6 Å². The third kappa shape index (κ3) is 1.88. The van der Waals surface area contributed by atoms with Crippen molar-refractivity contribution >= 4 is 22.4 Å². The predicted octanol–water partition coefficient (Wildman–Crippen LogP) is 3.40. The molecule has 2 aliphatic rings. The van der Waals surface area contributed by atoms with Gasteiger partial charge >= 0.3 is 6.03 Å². The van der Waals surface area contributed by atoms with Gasteiger partial charge in [-0.15, -0.1) is 11.3 Å². The number of nitrogens with one attached hydrogen (secondary N) is 1. The van der Waals surface area contributed by atoms with Crippen LogP contribution in [0.3, 0.4) is 0 Å². The van der Waals surface area contributed by atoms with Gasteiger partial charge in [0.15, 0.2) is 0 Å². The molecule has 2 fully saturated rings. The molecule has 1 aliphatic heterocycles. The number of halogens is 2. The van der Waals surface area contributed by atoms with Crippen molar-refractivity contribution in [3.8, 4) is 0 Å². The van der Waals surface area contributed by atoms with E-state index in [1.54, 1.807) is 4.90 Å². The largest absolute Gasteiger partial charge is 0.324 e. The number of piperidine rings is 1. The van der Waals surface area contributed by atoms with Gasteiger partial charge in [-0.1, -0.05) is 0 Å². The summed E-state index contributed by atoms with van der Waals surface area (Å²) < 4.78 is 26.4. The first-order chi connectivity index (χ1) is 8.52. The van der Waals surface area contributed by atoms with Gasteiger partial charge in [0.25, 0.3) is 5.92 Å². The van der Waals surface area contributed by atoms with Crippen molar-refractivity contribution in [3.63, 3.8) is 0 Å². The van der Waals surface area contributed by atoms with E-state index in [0.29, 0.717) is 25.9 Å². The van der Waals surface area contributed by atoms with Crippen LogP contribution in [0.2, 0.25) is 0 Å². The first-order valence-corrected chi connectivity index (χ1v) is 6.88. The monoisotopic (exact) mass is 272 g/mol. The molecule has 18 heavy (non-hydrogen) atoms. The van der Waals surface area contributed by atoms with Crippen molar-refractivity contribution in [1.82, 2.24) is 4.90 Å².